The van der Waals surface area contributed by atoms with Gasteiger partial charge in [-0.3, -0.25) is 0 Å². The molecule has 82 valence electrons. The molecule has 4 heteroatoms. The largest absolute Gasteiger partial charge is 0.454 e. The number of fused-ring (bicyclic) bond motifs is 1. The van der Waals surface area contributed by atoms with Crippen molar-refractivity contribution in [2.75, 3.05) is 0 Å². The SMILES string of the molecule is C=CC(=O)OC1C2CC3C(C)OC1C3O2. The number of carbonyl (C=O) groups excluding carboxylic acids is 1. The first-order valence-electron chi connectivity index (χ1n) is 5.34. The van der Waals surface area contributed by atoms with Gasteiger partial charge < -0.3 is 14.2 Å². The Morgan fingerprint density at radius 1 is 1.47 bits per heavy atom. The highest BCUT2D eigenvalue weighted by Gasteiger charge is 2.62. The molecular weight excluding hydrogens is 196 g/mol. The van der Waals surface area contributed by atoms with Crippen LogP contribution in [0.15, 0.2) is 12.7 Å². The maximum absolute atomic E-state index is 11.1. The fourth-order valence-corrected chi connectivity index (χ4v) is 2.98. The fraction of sp³-hybridized carbons (Fsp3) is 0.727. The molecule has 3 fully saturated rings. The van der Waals surface area contributed by atoms with E-state index in [-0.39, 0.29) is 30.5 Å². The van der Waals surface area contributed by atoms with Gasteiger partial charge in [-0.15, -0.1) is 0 Å². The van der Waals surface area contributed by atoms with E-state index in [1.165, 1.54) is 6.08 Å². The Morgan fingerprint density at radius 2 is 2.27 bits per heavy atom. The lowest BCUT2D eigenvalue weighted by Crippen LogP contribution is -2.39. The third kappa shape index (κ3) is 1.18. The molecule has 2 bridgehead atoms. The van der Waals surface area contributed by atoms with Gasteiger partial charge >= 0.3 is 5.97 Å². The molecular formula is C11H14O4. The maximum atomic E-state index is 11.1. The number of carbonyl (C=O) groups is 1. The highest BCUT2D eigenvalue weighted by atomic mass is 16.6. The average molecular weight is 210 g/mol. The van der Waals surface area contributed by atoms with E-state index in [4.69, 9.17) is 14.2 Å². The molecule has 6 atom stereocenters. The Hall–Kier alpha value is -0.870. The minimum absolute atomic E-state index is 0.0267. The second kappa shape index (κ2) is 3.06. The van der Waals surface area contributed by atoms with Crippen LogP contribution in [0, 0.1) is 5.92 Å². The van der Waals surface area contributed by atoms with Crippen molar-refractivity contribution in [3.05, 3.63) is 12.7 Å². The summed E-state index contributed by atoms with van der Waals surface area (Å²) in [5.41, 5.74) is 0. The van der Waals surface area contributed by atoms with Gasteiger partial charge in [0.2, 0.25) is 0 Å². The van der Waals surface area contributed by atoms with E-state index >= 15 is 0 Å². The summed E-state index contributed by atoms with van der Waals surface area (Å²) in [5, 5.41) is 0. The third-order valence-corrected chi connectivity index (χ3v) is 3.67. The van der Waals surface area contributed by atoms with Gasteiger partial charge in [0.1, 0.15) is 6.10 Å². The van der Waals surface area contributed by atoms with Gasteiger partial charge in [-0.25, -0.2) is 4.79 Å². The Balaban J connectivity index is 1.78. The molecule has 0 aliphatic carbocycles. The van der Waals surface area contributed by atoms with Crippen molar-refractivity contribution in [1.29, 1.82) is 0 Å². The molecule has 4 nitrogen and oxygen atoms in total. The fourth-order valence-electron chi connectivity index (χ4n) is 2.98. The number of hydrogen-bond donors (Lipinski definition) is 0. The smallest absolute Gasteiger partial charge is 0.330 e. The zero-order valence-corrected chi connectivity index (χ0v) is 8.59. The van der Waals surface area contributed by atoms with Crippen LogP contribution in [0.5, 0.6) is 0 Å². The van der Waals surface area contributed by atoms with Crippen molar-refractivity contribution in [2.45, 2.75) is 43.9 Å². The number of hydrogen-bond acceptors (Lipinski definition) is 4. The zero-order valence-electron chi connectivity index (χ0n) is 8.59. The minimum Gasteiger partial charge on any atom is -0.454 e. The molecule has 3 aliphatic rings. The van der Waals surface area contributed by atoms with Gasteiger partial charge in [-0.1, -0.05) is 6.58 Å². The van der Waals surface area contributed by atoms with Crippen molar-refractivity contribution < 1.29 is 19.0 Å². The van der Waals surface area contributed by atoms with E-state index in [1.54, 1.807) is 0 Å². The summed E-state index contributed by atoms with van der Waals surface area (Å²) >= 11 is 0. The molecule has 3 aliphatic heterocycles. The Morgan fingerprint density at radius 3 is 3.00 bits per heavy atom. The van der Waals surface area contributed by atoms with Gasteiger partial charge in [0.15, 0.2) is 6.10 Å². The Kier molecular flexibility index (Phi) is 1.91. The van der Waals surface area contributed by atoms with Crippen LogP contribution in [0.25, 0.3) is 0 Å². The van der Waals surface area contributed by atoms with Gasteiger partial charge in [-0.05, 0) is 13.3 Å². The molecule has 0 N–H and O–H groups in total. The van der Waals surface area contributed by atoms with Crippen molar-refractivity contribution in [2.24, 2.45) is 5.92 Å². The van der Waals surface area contributed by atoms with E-state index in [0.29, 0.717) is 5.92 Å². The van der Waals surface area contributed by atoms with E-state index in [0.717, 1.165) is 6.42 Å². The predicted molar refractivity (Wildman–Crippen MR) is 51.2 cm³/mol. The van der Waals surface area contributed by atoms with E-state index in [2.05, 4.69) is 13.5 Å². The molecule has 0 radical (unpaired) electrons. The van der Waals surface area contributed by atoms with Crippen LogP contribution < -0.4 is 0 Å². The summed E-state index contributed by atoms with van der Waals surface area (Å²) in [6.45, 7) is 5.44. The first kappa shape index (κ1) is 9.36. The first-order chi connectivity index (χ1) is 7.20. The average Bonchev–Trinajstić information content (AvgIpc) is 2.81. The highest BCUT2D eigenvalue weighted by Crippen LogP contribution is 2.49. The normalized spacial score (nSPS) is 50.7. The summed E-state index contributed by atoms with van der Waals surface area (Å²) in [6.07, 6.45) is 2.21. The maximum Gasteiger partial charge on any atom is 0.330 e. The van der Waals surface area contributed by atoms with Crippen LogP contribution in [0.4, 0.5) is 0 Å². The molecule has 6 unspecified atom stereocenters. The standard InChI is InChI=1S/C11H14O4/c1-3-8(12)15-10-7-4-6-5(2)13-11(10)9(6)14-7/h3,5-7,9-11H,1,4H2,2H3. The molecule has 0 saturated carbocycles. The van der Waals surface area contributed by atoms with Crippen molar-refractivity contribution in [3.63, 3.8) is 0 Å². The van der Waals surface area contributed by atoms with Gasteiger partial charge in [0.25, 0.3) is 0 Å². The van der Waals surface area contributed by atoms with Crippen LogP contribution >= 0.6 is 0 Å². The lowest BCUT2D eigenvalue weighted by Gasteiger charge is -2.22. The van der Waals surface area contributed by atoms with Crippen LogP contribution in [0.1, 0.15) is 13.3 Å². The van der Waals surface area contributed by atoms with Gasteiger partial charge in [0, 0.05) is 12.0 Å². The minimum atomic E-state index is -0.393. The Labute approximate surface area is 88.2 Å². The first-order valence-corrected chi connectivity index (χ1v) is 5.34. The number of ether oxygens (including phenoxy) is 3. The van der Waals surface area contributed by atoms with Crippen molar-refractivity contribution in [1.82, 2.24) is 0 Å². The number of esters is 1. The molecule has 0 amide bonds. The molecule has 0 aromatic carbocycles. The molecule has 3 rings (SSSR count). The van der Waals surface area contributed by atoms with Crippen LogP contribution in [0.2, 0.25) is 0 Å². The quantitative estimate of drug-likeness (QED) is 0.496. The zero-order chi connectivity index (χ0) is 10.6. The van der Waals surface area contributed by atoms with E-state index in [1.807, 2.05) is 0 Å². The topological polar surface area (TPSA) is 44.8 Å². The van der Waals surface area contributed by atoms with Crippen molar-refractivity contribution in [3.8, 4) is 0 Å². The molecule has 0 aromatic heterocycles. The summed E-state index contributed by atoms with van der Waals surface area (Å²) in [6, 6.07) is 0. The van der Waals surface area contributed by atoms with Gasteiger partial charge in [0.05, 0.1) is 18.3 Å². The molecule has 0 spiro atoms. The second-order valence-electron chi connectivity index (χ2n) is 4.45. The Bertz CT molecular complexity index is 314. The van der Waals surface area contributed by atoms with Crippen LogP contribution in [0.3, 0.4) is 0 Å². The summed E-state index contributed by atoms with van der Waals surface area (Å²) in [7, 11) is 0. The number of rotatable bonds is 2. The molecule has 3 saturated heterocycles. The lowest BCUT2D eigenvalue weighted by atomic mass is 9.86. The van der Waals surface area contributed by atoms with Gasteiger partial charge in [-0.2, -0.15) is 0 Å². The van der Waals surface area contributed by atoms with Crippen molar-refractivity contribution >= 4 is 5.97 Å². The lowest BCUT2D eigenvalue weighted by molar-refractivity contribution is -0.150. The van der Waals surface area contributed by atoms with Crippen LogP contribution in [-0.2, 0) is 19.0 Å². The molecule has 3 heterocycles. The summed E-state index contributed by atoms with van der Waals surface area (Å²) in [5.74, 6) is 0.0922. The van der Waals surface area contributed by atoms with E-state index < -0.39 is 5.97 Å². The summed E-state index contributed by atoms with van der Waals surface area (Å²) < 4.78 is 16.8. The third-order valence-electron chi connectivity index (χ3n) is 3.67. The highest BCUT2D eigenvalue weighted by molar-refractivity contribution is 5.81. The second-order valence-corrected chi connectivity index (χ2v) is 4.45. The molecule has 15 heavy (non-hydrogen) atoms. The predicted octanol–water partition coefficient (Wildman–Crippen LogP) is 0.659. The van der Waals surface area contributed by atoms with Crippen LogP contribution in [-0.4, -0.2) is 36.5 Å². The monoisotopic (exact) mass is 210 g/mol. The molecule has 0 aromatic rings. The summed E-state index contributed by atoms with van der Waals surface area (Å²) in [4.78, 5) is 11.1. The van der Waals surface area contributed by atoms with E-state index in [9.17, 15) is 4.79 Å².